The number of Topliss-reactive ketones (excluding diaryl/α,β-unsaturated/α-hetero) is 1. The predicted octanol–water partition coefficient (Wildman–Crippen LogP) is 3.53. The fraction of sp³-hybridized carbons (Fsp3) is 0.658. The third-order valence-electron chi connectivity index (χ3n) is 10.3. The molecule has 1 aromatic rings. The molecule has 3 rings (SSSR count). The first kappa shape index (κ1) is 43.7. The Morgan fingerprint density at radius 2 is 1.74 bits per heavy atom. The van der Waals surface area contributed by atoms with Crippen LogP contribution in [-0.2, 0) is 29.2 Å². The van der Waals surface area contributed by atoms with Crippen LogP contribution in [0.2, 0.25) is 0 Å². The smallest absolute Gasteiger partial charge is 0.315 e. The van der Waals surface area contributed by atoms with Crippen molar-refractivity contribution in [2.75, 3.05) is 19.6 Å². The van der Waals surface area contributed by atoms with E-state index in [0.29, 0.717) is 0 Å². The Bertz CT molecular complexity index is 1690. The van der Waals surface area contributed by atoms with E-state index in [4.69, 9.17) is 6.42 Å². The van der Waals surface area contributed by atoms with E-state index in [2.05, 4.69) is 33.8 Å². The molecular weight excluding hydrogens is 717 g/mol. The van der Waals surface area contributed by atoms with E-state index in [9.17, 15) is 32.4 Å². The van der Waals surface area contributed by atoms with Crippen LogP contribution in [0.3, 0.4) is 0 Å². The number of hydrogen-bond acceptors (Lipinski definition) is 8. The number of urea groups is 1. The van der Waals surface area contributed by atoms with Gasteiger partial charge in [-0.3, -0.25) is 19.2 Å². The summed E-state index contributed by atoms with van der Waals surface area (Å²) in [7, 11) is -3.85. The highest BCUT2D eigenvalue weighted by molar-refractivity contribution is 7.91. The molecule has 1 aliphatic heterocycles. The number of nitrogens with one attached hydrogen (secondary N) is 4. The summed E-state index contributed by atoms with van der Waals surface area (Å²) in [4.78, 5) is 69.5. The molecule has 2 aliphatic rings. The number of nitrogens with zero attached hydrogens (tertiary/aromatic N) is 2. The van der Waals surface area contributed by atoms with Crippen LogP contribution in [0.1, 0.15) is 82.1 Å². The van der Waals surface area contributed by atoms with Gasteiger partial charge in [-0.2, -0.15) is 4.31 Å². The molecule has 294 valence electrons. The third-order valence-corrected chi connectivity index (χ3v) is 13.8. The Hall–Kier alpha value is -3.74. The Balaban J connectivity index is 1.87. The lowest BCUT2D eigenvalue weighted by Gasteiger charge is -2.39. The summed E-state index contributed by atoms with van der Waals surface area (Å²) in [6.45, 7) is 22.5. The van der Waals surface area contributed by atoms with Crippen LogP contribution in [0.4, 0.5) is 4.79 Å². The minimum atomic E-state index is -3.85. The van der Waals surface area contributed by atoms with Crippen LogP contribution in [0, 0.1) is 40.4 Å². The maximum Gasteiger partial charge on any atom is 0.315 e. The molecule has 1 aromatic heterocycles. The molecule has 2 fully saturated rings. The number of amides is 5. The lowest BCUT2D eigenvalue weighted by molar-refractivity contribution is -0.145. The normalized spacial score (nSPS) is 21.1. The van der Waals surface area contributed by atoms with E-state index in [-0.39, 0.29) is 53.9 Å². The minimum absolute atomic E-state index is 0.00461. The largest absolute Gasteiger partial charge is 0.346 e. The third kappa shape index (κ3) is 10.1. The van der Waals surface area contributed by atoms with Crippen molar-refractivity contribution in [1.29, 1.82) is 0 Å². The number of carbonyl (C=O) groups excluding carboxylic acids is 5. The number of ketones is 1. The van der Waals surface area contributed by atoms with Gasteiger partial charge in [-0.25, -0.2) is 13.2 Å². The molecule has 5 amide bonds. The van der Waals surface area contributed by atoms with E-state index in [1.165, 1.54) is 15.3 Å². The van der Waals surface area contributed by atoms with Crippen LogP contribution in [0.25, 0.3) is 0 Å². The molecule has 1 saturated carbocycles. The van der Waals surface area contributed by atoms with Gasteiger partial charge in [0.25, 0.3) is 15.9 Å². The molecule has 53 heavy (non-hydrogen) atoms. The average molecular weight is 775 g/mol. The molecule has 2 heterocycles. The maximum atomic E-state index is 14.5. The van der Waals surface area contributed by atoms with Crippen molar-refractivity contribution in [3.63, 3.8) is 0 Å². The topological polar surface area (TPSA) is 174 Å². The number of likely N-dealkylation sites (tertiary alicyclic amines) is 1. The standard InChI is InChI=1S/C38H58N6O7S2/c1-13-15-17-25(30(45)33(47)39-19-14-2)40-32(46)29-28-24(38(28,11)12)21-43(29)34(48)31(37(8,9)10)42-35(49)41-26(36(5,6)7)22-44(23(3)4)53(50,51)27-18-16-20-52-27/h1,14,16,18,20,23-26,28-29,31H,2,15,17,19,21-22H2,3-12H3,(H,39,47)(H,40,46)(H2,41,42,49)/t24-,25?,26+,28-,29-,31+/m0/s1. The van der Waals surface area contributed by atoms with Crippen molar-refractivity contribution in [2.45, 2.75) is 116 Å². The van der Waals surface area contributed by atoms with Crippen LogP contribution < -0.4 is 21.3 Å². The van der Waals surface area contributed by atoms with Gasteiger partial charge >= 0.3 is 6.03 Å². The molecule has 0 spiro atoms. The van der Waals surface area contributed by atoms with Crippen molar-refractivity contribution in [1.82, 2.24) is 30.5 Å². The second-order valence-corrected chi connectivity index (χ2v) is 20.1. The van der Waals surface area contributed by atoms with Gasteiger partial charge in [0.15, 0.2) is 0 Å². The summed E-state index contributed by atoms with van der Waals surface area (Å²) in [6.07, 6.45) is 7.04. The summed E-state index contributed by atoms with van der Waals surface area (Å²) in [6, 6.07) is -1.74. The van der Waals surface area contributed by atoms with Crippen molar-refractivity contribution < 1.29 is 32.4 Å². The van der Waals surface area contributed by atoms with Gasteiger partial charge in [-0.15, -0.1) is 30.3 Å². The van der Waals surface area contributed by atoms with Crippen LogP contribution in [0.5, 0.6) is 0 Å². The van der Waals surface area contributed by atoms with E-state index in [1.807, 2.05) is 34.6 Å². The molecule has 4 N–H and O–H groups in total. The number of sulfonamides is 1. The number of fused-ring (bicyclic) bond motifs is 1. The lowest BCUT2D eigenvalue weighted by Crippen LogP contribution is -2.63. The Kier molecular flexibility index (Phi) is 13.8. The highest BCUT2D eigenvalue weighted by atomic mass is 32.2. The zero-order chi connectivity index (χ0) is 40.3. The van der Waals surface area contributed by atoms with Gasteiger partial charge in [0.2, 0.25) is 17.6 Å². The fourth-order valence-electron chi connectivity index (χ4n) is 6.95. The van der Waals surface area contributed by atoms with Crippen LogP contribution in [0.15, 0.2) is 34.4 Å². The van der Waals surface area contributed by atoms with E-state index in [0.717, 1.165) is 11.3 Å². The van der Waals surface area contributed by atoms with Crippen LogP contribution >= 0.6 is 11.3 Å². The number of rotatable bonds is 16. The molecule has 6 atom stereocenters. The number of hydrogen-bond donors (Lipinski definition) is 4. The van der Waals surface area contributed by atoms with E-state index < -0.39 is 80.6 Å². The first-order valence-corrected chi connectivity index (χ1v) is 20.3. The summed E-state index contributed by atoms with van der Waals surface area (Å²) < 4.78 is 28.8. The van der Waals surface area contributed by atoms with Crippen molar-refractivity contribution >= 4 is 50.9 Å². The monoisotopic (exact) mass is 774 g/mol. The van der Waals surface area contributed by atoms with Gasteiger partial charge in [0, 0.05) is 38.1 Å². The number of carbonyl (C=O) groups is 5. The average Bonchev–Trinajstić information content (AvgIpc) is 3.51. The first-order chi connectivity index (χ1) is 24.4. The van der Waals surface area contributed by atoms with Gasteiger partial charge in [-0.05, 0) is 59.8 Å². The van der Waals surface area contributed by atoms with Crippen molar-refractivity contribution in [3.05, 3.63) is 30.2 Å². The van der Waals surface area contributed by atoms with Gasteiger partial charge in [0.05, 0.1) is 6.04 Å². The maximum absolute atomic E-state index is 14.5. The molecule has 0 aromatic carbocycles. The van der Waals surface area contributed by atoms with E-state index >= 15 is 0 Å². The summed E-state index contributed by atoms with van der Waals surface area (Å²) >= 11 is 1.12. The Morgan fingerprint density at radius 3 is 2.25 bits per heavy atom. The Labute approximate surface area is 319 Å². The minimum Gasteiger partial charge on any atom is -0.346 e. The zero-order valence-corrected chi connectivity index (χ0v) is 34.4. The first-order valence-electron chi connectivity index (χ1n) is 18.0. The Morgan fingerprint density at radius 1 is 1.09 bits per heavy atom. The highest BCUT2D eigenvalue weighted by Crippen LogP contribution is 2.65. The zero-order valence-electron chi connectivity index (χ0n) is 32.7. The van der Waals surface area contributed by atoms with Crippen molar-refractivity contribution in [2.24, 2.45) is 28.1 Å². The molecule has 0 bridgehead atoms. The summed E-state index contributed by atoms with van der Waals surface area (Å²) in [5.41, 5.74) is -1.65. The number of terminal acetylenes is 1. The number of thiophene rings is 1. The van der Waals surface area contributed by atoms with Gasteiger partial charge in [0.1, 0.15) is 16.3 Å². The fourth-order valence-corrected chi connectivity index (χ4v) is 9.72. The molecule has 1 aliphatic carbocycles. The molecule has 0 radical (unpaired) electrons. The summed E-state index contributed by atoms with van der Waals surface area (Å²) in [5, 5.41) is 12.7. The highest BCUT2D eigenvalue weighted by Gasteiger charge is 2.70. The molecule has 1 saturated heterocycles. The van der Waals surface area contributed by atoms with Gasteiger partial charge < -0.3 is 26.2 Å². The van der Waals surface area contributed by atoms with Crippen LogP contribution in [-0.4, -0.2) is 97.0 Å². The molecule has 13 nitrogen and oxygen atoms in total. The molecule has 15 heteroatoms. The number of piperidine rings is 1. The SMILES string of the molecule is C#CCCC(NC(=O)[C@@H]1[C@@H]2[C@H](CN1C(=O)[C@@H](NC(=O)N[C@H](CN(C(C)C)S(=O)(=O)c1cccs1)C(C)(C)C)C(C)(C)C)C2(C)C)C(=O)C(=O)NCC=C. The molecule has 1 unspecified atom stereocenters. The van der Waals surface area contributed by atoms with Crippen molar-refractivity contribution in [3.8, 4) is 12.3 Å². The molecular formula is C38H58N6O7S2. The predicted molar refractivity (Wildman–Crippen MR) is 206 cm³/mol. The van der Waals surface area contributed by atoms with Gasteiger partial charge in [-0.1, -0.05) is 67.5 Å². The summed E-state index contributed by atoms with van der Waals surface area (Å²) in [5.74, 6) is -0.541. The lowest BCUT2D eigenvalue weighted by atomic mass is 9.85. The second kappa shape index (κ2) is 16.7. The second-order valence-electron chi connectivity index (χ2n) is 17.0. The van der Waals surface area contributed by atoms with E-state index in [1.54, 1.807) is 52.1 Å². The quantitative estimate of drug-likeness (QED) is 0.113.